The minimum Gasteiger partial charge on any atom is -0.489 e. The molecule has 1 fully saturated rings. The monoisotopic (exact) mass is 289 g/mol. The van der Waals surface area contributed by atoms with E-state index in [1.807, 2.05) is 25.1 Å². The second-order valence-corrected chi connectivity index (χ2v) is 5.79. The van der Waals surface area contributed by atoms with Crippen LogP contribution in [0.5, 0.6) is 5.75 Å². The van der Waals surface area contributed by atoms with E-state index in [0.717, 1.165) is 24.4 Å². The molecule has 0 amide bonds. The predicted molar refractivity (Wildman–Crippen MR) is 87.8 cm³/mol. The van der Waals surface area contributed by atoms with Gasteiger partial charge in [-0.3, -0.25) is 0 Å². The Hall–Kier alpha value is -1.71. The van der Waals surface area contributed by atoms with E-state index in [-0.39, 0.29) is 6.10 Å². The van der Waals surface area contributed by atoms with Gasteiger partial charge in [0.2, 0.25) is 0 Å². The molecule has 0 radical (unpaired) electrons. The van der Waals surface area contributed by atoms with Crippen molar-refractivity contribution in [2.24, 2.45) is 10.7 Å². The van der Waals surface area contributed by atoms with Gasteiger partial charge < -0.3 is 15.4 Å². The highest BCUT2D eigenvalue weighted by Gasteiger charge is 2.12. The molecule has 1 saturated heterocycles. The lowest BCUT2D eigenvalue weighted by Gasteiger charge is -2.22. The fraction of sp³-hybridized carbons (Fsp3) is 0.588. The molecule has 1 unspecified atom stereocenters. The summed E-state index contributed by atoms with van der Waals surface area (Å²) in [6, 6.07) is 8.05. The van der Waals surface area contributed by atoms with Crippen molar-refractivity contribution in [2.45, 2.75) is 45.6 Å². The summed E-state index contributed by atoms with van der Waals surface area (Å²) in [6.07, 6.45) is 5.06. The van der Waals surface area contributed by atoms with Crippen LogP contribution in [0.2, 0.25) is 0 Å². The maximum atomic E-state index is 6.11. The number of para-hydroxylation sites is 1. The van der Waals surface area contributed by atoms with E-state index >= 15 is 0 Å². The van der Waals surface area contributed by atoms with Crippen molar-refractivity contribution in [2.75, 3.05) is 19.6 Å². The van der Waals surface area contributed by atoms with Gasteiger partial charge in [0.25, 0.3) is 0 Å². The topological polar surface area (TPSA) is 50.9 Å². The van der Waals surface area contributed by atoms with E-state index < -0.39 is 0 Å². The molecule has 0 saturated carbocycles. The van der Waals surface area contributed by atoms with Crippen molar-refractivity contribution >= 4 is 5.96 Å². The molecule has 2 N–H and O–H groups in total. The van der Waals surface area contributed by atoms with Gasteiger partial charge in [0.15, 0.2) is 5.96 Å². The van der Waals surface area contributed by atoms with Crippen molar-refractivity contribution in [1.82, 2.24) is 4.90 Å². The Balaban J connectivity index is 1.85. The summed E-state index contributed by atoms with van der Waals surface area (Å²) in [5, 5.41) is 0. The van der Waals surface area contributed by atoms with Crippen LogP contribution in [0, 0.1) is 6.92 Å². The summed E-state index contributed by atoms with van der Waals surface area (Å²) in [4.78, 5) is 6.71. The van der Waals surface area contributed by atoms with Crippen LogP contribution in [0.25, 0.3) is 0 Å². The number of aryl methyl sites for hydroxylation is 1. The van der Waals surface area contributed by atoms with Crippen molar-refractivity contribution in [3.8, 4) is 5.75 Å². The number of benzene rings is 1. The number of ether oxygens (including phenoxy) is 1. The number of nitrogens with zero attached hydrogens (tertiary/aromatic N) is 2. The minimum absolute atomic E-state index is 0.0247. The van der Waals surface area contributed by atoms with E-state index in [1.165, 1.54) is 25.7 Å². The van der Waals surface area contributed by atoms with E-state index in [9.17, 15) is 0 Å². The maximum absolute atomic E-state index is 6.11. The summed E-state index contributed by atoms with van der Waals surface area (Å²) < 4.78 is 5.93. The average molecular weight is 289 g/mol. The lowest BCUT2D eigenvalue weighted by atomic mass is 10.2. The Morgan fingerprint density at radius 1 is 1.24 bits per heavy atom. The third kappa shape index (κ3) is 4.96. The first-order valence-electron chi connectivity index (χ1n) is 7.94. The molecule has 21 heavy (non-hydrogen) atoms. The number of nitrogens with two attached hydrogens (primary N) is 1. The predicted octanol–water partition coefficient (Wildman–Crippen LogP) is 2.95. The second-order valence-electron chi connectivity index (χ2n) is 5.79. The zero-order valence-corrected chi connectivity index (χ0v) is 13.2. The fourth-order valence-electron chi connectivity index (χ4n) is 2.56. The standard InChI is InChI=1S/C17H27N3O/c1-14-9-5-6-10-16(14)21-15(2)13-19-17(18)20-11-7-3-4-8-12-20/h5-6,9-10,15H,3-4,7-8,11-13H2,1-2H3,(H2,18,19). The molecular formula is C17H27N3O. The zero-order chi connectivity index (χ0) is 15.1. The number of hydrogen-bond donors (Lipinski definition) is 1. The molecule has 1 atom stereocenters. The molecule has 1 aromatic rings. The van der Waals surface area contributed by atoms with Gasteiger partial charge in [-0.25, -0.2) is 4.99 Å². The Morgan fingerprint density at radius 2 is 1.90 bits per heavy atom. The highest BCUT2D eigenvalue weighted by Crippen LogP contribution is 2.17. The second kappa shape index (κ2) is 7.91. The van der Waals surface area contributed by atoms with E-state index in [0.29, 0.717) is 12.5 Å². The molecule has 2 rings (SSSR count). The number of aliphatic imine (C=N–C) groups is 1. The molecule has 4 nitrogen and oxygen atoms in total. The van der Waals surface area contributed by atoms with Crippen LogP contribution in [-0.2, 0) is 0 Å². The summed E-state index contributed by atoms with van der Waals surface area (Å²) in [6.45, 7) is 6.74. The third-order valence-corrected chi connectivity index (χ3v) is 3.86. The molecule has 0 aromatic heterocycles. The molecule has 4 heteroatoms. The van der Waals surface area contributed by atoms with Crippen LogP contribution in [0.3, 0.4) is 0 Å². The fourth-order valence-corrected chi connectivity index (χ4v) is 2.56. The van der Waals surface area contributed by atoms with Crippen molar-refractivity contribution in [3.63, 3.8) is 0 Å². The van der Waals surface area contributed by atoms with E-state index in [2.05, 4.69) is 22.9 Å². The lowest BCUT2D eigenvalue weighted by molar-refractivity contribution is 0.228. The highest BCUT2D eigenvalue weighted by atomic mass is 16.5. The number of guanidine groups is 1. The maximum Gasteiger partial charge on any atom is 0.191 e. The SMILES string of the molecule is Cc1ccccc1OC(C)CN=C(N)N1CCCCCC1. The van der Waals surface area contributed by atoms with Crippen molar-refractivity contribution < 1.29 is 4.74 Å². The summed E-state index contributed by atoms with van der Waals surface area (Å²) >= 11 is 0. The average Bonchev–Trinajstić information content (AvgIpc) is 2.76. The van der Waals surface area contributed by atoms with Crippen LogP contribution in [0.4, 0.5) is 0 Å². The lowest BCUT2D eigenvalue weighted by Crippen LogP contribution is -2.38. The van der Waals surface area contributed by atoms with Gasteiger partial charge in [0.1, 0.15) is 11.9 Å². The van der Waals surface area contributed by atoms with Crippen LogP contribution in [-0.4, -0.2) is 36.6 Å². The summed E-state index contributed by atoms with van der Waals surface area (Å²) in [5.74, 6) is 1.59. The first-order valence-corrected chi connectivity index (χ1v) is 7.94. The molecule has 116 valence electrons. The number of hydrogen-bond acceptors (Lipinski definition) is 2. The van der Waals surface area contributed by atoms with E-state index in [4.69, 9.17) is 10.5 Å². The van der Waals surface area contributed by atoms with Crippen LogP contribution >= 0.6 is 0 Å². The molecular weight excluding hydrogens is 262 g/mol. The molecule has 0 spiro atoms. The largest absolute Gasteiger partial charge is 0.489 e. The number of likely N-dealkylation sites (tertiary alicyclic amines) is 1. The van der Waals surface area contributed by atoms with Gasteiger partial charge in [-0.2, -0.15) is 0 Å². The van der Waals surface area contributed by atoms with Gasteiger partial charge >= 0.3 is 0 Å². The molecule has 0 aliphatic carbocycles. The Labute approximate surface area is 128 Å². The smallest absolute Gasteiger partial charge is 0.191 e. The molecule has 1 aliphatic rings. The van der Waals surface area contributed by atoms with Crippen LogP contribution in [0.15, 0.2) is 29.3 Å². The molecule has 1 aliphatic heterocycles. The van der Waals surface area contributed by atoms with Gasteiger partial charge in [-0.15, -0.1) is 0 Å². The summed E-state index contributed by atoms with van der Waals surface area (Å²) in [7, 11) is 0. The van der Waals surface area contributed by atoms with Gasteiger partial charge in [-0.1, -0.05) is 31.0 Å². The number of rotatable bonds is 4. The molecule has 0 bridgehead atoms. The van der Waals surface area contributed by atoms with Crippen LogP contribution < -0.4 is 10.5 Å². The molecule has 1 heterocycles. The first-order chi connectivity index (χ1) is 10.2. The van der Waals surface area contributed by atoms with Gasteiger partial charge in [0, 0.05) is 13.1 Å². The highest BCUT2D eigenvalue weighted by molar-refractivity contribution is 5.78. The molecule has 1 aromatic carbocycles. The van der Waals surface area contributed by atoms with Gasteiger partial charge in [-0.05, 0) is 38.3 Å². The Kier molecular flexibility index (Phi) is 5.90. The first kappa shape index (κ1) is 15.7. The Morgan fingerprint density at radius 3 is 2.57 bits per heavy atom. The van der Waals surface area contributed by atoms with Crippen LogP contribution in [0.1, 0.15) is 38.2 Å². The Bertz CT molecular complexity index is 465. The summed E-state index contributed by atoms with van der Waals surface area (Å²) in [5.41, 5.74) is 7.26. The quantitative estimate of drug-likeness (QED) is 0.685. The van der Waals surface area contributed by atoms with Gasteiger partial charge in [0.05, 0.1) is 6.54 Å². The van der Waals surface area contributed by atoms with Crippen molar-refractivity contribution in [1.29, 1.82) is 0 Å². The normalized spacial score (nSPS) is 18.2. The minimum atomic E-state index is 0.0247. The van der Waals surface area contributed by atoms with E-state index in [1.54, 1.807) is 0 Å². The van der Waals surface area contributed by atoms with Crippen molar-refractivity contribution in [3.05, 3.63) is 29.8 Å². The zero-order valence-electron chi connectivity index (χ0n) is 13.2. The third-order valence-electron chi connectivity index (χ3n) is 3.86.